The molecule has 0 radical (unpaired) electrons. The molecule has 5 nitrogen and oxygen atoms in total. The Kier molecular flexibility index (Phi) is 5.11. The number of para-hydroxylation sites is 1. The number of rotatable bonds is 4. The molecule has 0 saturated carbocycles. The monoisotopic (exact) mass is 452 g/mol. The highest BCUT2D eigenvalue weighted by molar-refractivity contribution is 6.29. The van der Waals surface area contributed by atoms with Crippen molar-refractivity contribution in [1.29, 1.82) is 5.26 Å². The highest BCUT2D eigenvalue weighted by Gasteiger charge is 2.39. The molecule has 0 aromatic heterocycles. The summed E-state index contributed by atoms with van der Waals surface area (Å²) < 4.78 is 37.5. The third kappa shape index (κ3) is 3.38. The van der Waals surface area contributed by atoms with Crippen molar-refractivity contribution >= 4 is 22.9 Å². The fourth-order valence-electron chi connectivity index (χ4n) is 3.83. The molecule has 5 rings (SSSR count). The maximum absolute atomic E-state index is 15.9. The zero-order valence-electron chi connectivity index (χ0n) is 17.4. The van der Waals surface area contributed by atoms with Gasteiger partial charge in [-0.1, -0.05) is 42.5 Å². The average Bonchev–Trinajstić information content (AvgIpc) is 2.87. The van der Waals surface area contributed by atoms with Crippen LogP contribution in [0.25, 0.3) is 0 Å². The van der Waals surface area contributed by atoms with Crippen molar-refractivity contribution < 1.29 is 23.1 Å². The highest BCUT2D eigenvalue weighted by Crippen LogP contribution is 2.43. The molecule has 1 aliphatic rings. The SMILES string of the molecule is N#Cc1ccc(Nc2c(F)c3c(c(F)c2Oc2ccccc2)C(=O)c2ccccc2C3=O)cc1. The first-order valence-electron chi connectivity index (χ1n) is 10.2. The van der Waals surface area contributed by atoms with E-state index in [4.69, 9.17) is 10.00 Å². The van der Waals surface area contributed by atoms with Crippen LogP contribution in [-0.4, -0.2) is 11.6 Å². The fraction of sp³-hybridized carbons (Fsp3) is 0. The Labute approximate surface area is 192 Å². The van der Waals surface area contributed by atoms with Crippen LogP contribution in [0.15, 0.2) is 78.9 Å². The van der Waals surface area contributed by atoms with Crippen LogP contribution in [0.3, 0.4) is 0 Å². The largest absolute Gasteiger partial charge is 0.452 e. The van der Waals surface area contributed by atoms with Gasteiger partial charge in [0.1, 0.15) is 11.4 Å². The number of fused-ring (bicyclic) bond motifs is 2. The molecule has 0 saturated heterocycles. The molecule has 1 aliphatic carbocycles. The number of ether oxygens (including phenoxy) is 1. The van der Waals surface area contributed by atoms with E-state index in [2.05, 4.69) is 5.32 Å². The second kappa shape index (κ2) is 8.26. The summed E-state index contributed by atoms with van der Waals surface area (Å²) in [7, 11) is 0. The normalized spacial score (nSPS) is 11.9. The van der Waals surface area contributed by atoms with E-state index in [9.17, 15) is 9.59 Å². The zero-order valence-corrected chi connectivity index (χ0v) is 17.4. The summed E-state index contributed by atoms with van der Waals surface area (Å²) in [6.45, 7) is 0. The Morgan fingerprint density at radius 2 is 1.29 bits per heavy atom. The molecular weight excluding hydrogens is 438 g/mol. The average molecular weight is 452 g/mol. The van der Waals surface area contributed by atoms with Crippen molar-refractivity contribution in [2.45, 2.75) is 0 Å². The molecule has 0 aliphatic heterocycles. The van der Waals surface area contributed by atoms with E-state index < -0.39 is 45.8 Å². The third-order valence-electron chi connectivity index (χ3n) is 5.45. The van der Waals surface area contributed by atoms with Crippen molar-refractivity contribution in [2.75, 3.05) is 5.32 Å². The lowest BCUT2D eigenvalue weighted by molar-refractivity contribution is 0.0972. The first-order valence-corrected chi connectivity index (χ1v) is 10.2. The molecular formula is C27H14F2N2O3. The predicted octanol–water partition coefficient (Wildman–Crippen LogP) is 6.15. The quantitative estimate of drug-likeness (QED) is 0.354. The van der Waals surface area contributed by atoms with Crippen LogP contribution in [0, 0.1) is 23.0 Å². The summed E-state index contributed by atoms with van der Waals surface area (Å²) in [5.74, 6) is -4.21. The smallest absolute Gasteiger partial charge is 0.197 e. The first kappa shape index (κ1) is 21.0. The molecule has 1 N–H and O–H groups in total. The predicted molar refractivity (Wildman–Crippen MR) is 121 cm³/mol. The topological polar surface area (TPSA) is 79.2 Å². The highest BCUT2D eigenvalue weighted by atomic mass is 19.1. The van der Waals surface area contributed by atoms with Crippen LogP contribution in [0.4, 0.5) is 20.2 Å². The summed E-state index contributed by atoms with van der Waals surface area (Å²) in [6, 6.07) is 22.0. The molecule has 0 atom stereocenters. The molecule has 34 heavy (non-hydrogen) atoms. The lowest BCUT2D eigenvalue weighted by atomic mass is 9.83. The number of nitrogens with one attached hydrogen (secondary N) is 1. The Morgan fingerprint density at radius 3 is 1.88 bits per heavy atom. The van der Waals surface area contributed by atoms with Gasteiger partial charge in [0.25, 0.3) is 0 Å². The van der Waals surface area contributed by atoms with Gasteiger partial charge in [-0.25, -0.2) is 8.78 Å². The van der Waals surface area contributed by atoms with Crippen LogP contribution in [0.2, 0.25) is 0 Å². The van der Waals surface area contributed by atoms with Crippen molar-refractivity contribution in [3.63, 3.8) is 0 Å². The second-order valence-corrected chi connectivity index (χ2v) is 7.52. The molecule has 0 bridgehead atoms. The lowest BCUT2D eigenvalue weighted by Gasteiger charge is -2.23. The number of ketones is 2. The van der Waals surface area contributed by atoms with Crippen LogP contribution >= 0.6 is 0 Å². The molecule has 164 valence electrons. The summed E-state index contributed by atoms with van der Waals surface area (Å²) >= 11 is 0. The summed E-state index contributed by atoms with van der Waals surface area (Å²) in [6.07, 6.45) is 0. The Hall–Kier alpha value is -4.83. The zero-order chi connectivity index (χ0) is 23.8. The van der Waals surface area contributed by atoms with Gasteiger partial charge in [-0.2, -0.15) is 5.26 Å². The van der Waals surface area contributed by atoms with Gasteiger partial charge in [0.05, 0.1) is 22.8 Å². The number of hydrogen-bond acceptors (Lipinski definition) is 5. The number of nitriles is 1. The van der Waals surface area contributed by atoms with Crippen LogP contribution < -0.4 is 10.1 Å². The van der Waals surface area contributed by atoms with E-state index in [0.717, 1.165) is 0 Å². The minimum absolute atomic E-state index is 0.000601. The van der Waals surface area contributed by atoms with Gasteiger partial charge >= 0.3 is 0 Å². The van der Waals surface area contributed by atoms with Crippen molar-refractivity contribution in [3.05, 3.63) is 118 Å². The van der Waals surface area contributed by atoms with Gasteiger partial charge in [-0.05, 0) is 36.4 Å². The third-order valence-corrected chi connectivity index (χ3v) is 5.45. The minimum Gasteiger partial charge on any atom is -0.452 e. The first-order chi connectivity index (χ1) is 16.5. The van der Waals surface area contributed by atoms with E-state index >= 15 is 8.78 Å². The van der Waals surface area contributed by atoms with Crippen molar-refractivity contribution in [3.8, 4) is 17.6 Å². The second-order valence-electron chi connectivity index (χ2n) is 7.52. The molecule has 0 spiro atoms. The number of hydrogen-bond donors (Lipinski definition) is 1. The van der Waals surface area contributed by atoms with Gasteiger partial charge in [0.15, 0.2) is 29.0 Å². The van der Waals surface area contributed by atoms with Gasteiger partial charge in [0.2, 0.25) is 0 Å². The number of benzene rings is 4. The van der Waals surface area contributed by atoms with E-state index in [0.29, 0.717) is 11.3 Å². The molecule has 0 heterocycles. The molecule has 0 fully saturated rings. The van der Waals surface area contributed by atoms with Crippen LogP contribution in [0.1, 0.15) is 37.4 Å². The lowest BCUT2D eigenvalue weighted by Crippen LogP contribution is -2.25. The van der Waals surface area contributed by atoms with Crippen molar-refractivity contribution in [1.82, 2.24) is 0 Å². The maximum atomic E-state index is 15.9. The molecule has 7 heteroatoms. The van der Waals surface area contributed by atoms with E-state index in [1.54, 1.807) is 42.5 Å². The number of nitrogens with zero attached hydrogens (tertiary/aromatic N) is 1. The number of carbonyl (C=O) groups is 2. The van der Waals surface area contributed by atoms with Gasteiger partial charge in [-0.15, -0.1) is 0 Å². The summed E-state index contributed by atoms with van der Waals surface area (Å²) in [5.41, 5.74) is -1.07. The van der Waals surface area contributed by atoms with Crippen LogP contribution in [-0.2, 0) is 0 Å². The Balaban J connectivity index is 1.73. The number of anilines is 2. The van der Waals surface area contributed by atoms with Gasteiger partial charge in [-0.3, -0.25) is 9.59 Å². The summed E-state index contributed by atoms with van der Waals surface area (Å²) in [5, 5.41) is 11.8. The Bertz CT molecular complexity index is 1510. The standard InChI is InChI=1S/C27H14F2N2O3/c28-22-20-21(26(33)19-9-5-4-8-18(19)25(20)32)23(29)27(34-17-6-2-1-3-7-17)24(22)31-16-12-10-15(14-30)11-13-16/h1-13,31H. The molecule has 4 aromatic rings. The molecule has 0 amide bonds. The number of carbonyl (C=O) groups excluding carboxylic acids is 2. The van der Waals surface area contributed by atoms with E-state index in [1.165, 1.54) is 36.4 Å². The van der Waals surface area contributed by atoms with Crippen molar-refractivity contribution in [2.24, 2.45) is 0 Å². The van der Waals surface area contributed by atoms with Gasteiger partial charge < -0.3 is 10.1 Å². The molecule has 0 unspecified atom stereocenters. The minimum atomic E-state index is -1.15. The number of halogens is 2. The summed E-state index contributed by atoms with van der Waals surface area (Å²) in [4.78, 5) is 26.2. The van der Waals surface area contributed by atoms with Gasteiger partial charge in [0, 0.05) is 16.8 Å². The van der Waals surface area contributed by atoms with Crippen LogP contribution in [0.5, 0.6) is 11.5 Å². The Morgan fingerprint density at radius 1 is 0.735 bits per heavy atom. The fourth-order valence-corrected chi connectivity index (χ4v) is 3.83. The van der Waals surface area contributed by atoms with E-state index in [-0.39, 0.29) is 16.9 Å². The maximum Gasteiger partial charge on any atom is 0.197 e. The molecule has 4 aromatic carbocycles. The van der Waals surface area contributed by atoms with E-state index in [1.807, 2.05) is 6.07 Å².